The second-order valence-corrected chi connectivity index (χ2v) is 9.94. The summed E-state index contributed by atoms with van der Waals surface area (Å²) in [5.74, 6) is -0.843. The number of imide groups is 1. The SMILES string of the molecule is CC(C)N(C(=O)CCCCC(=O)NCc1cccc2c1n(C)c(=O)n2C1CCC(=O)NC1=O)C(C)C. The van der Waals surface area contributed by atoms with Gasteiger partial charge in [-0.3, -0.25) is 33.6 Å². The molecule has 1 saturated heterocycles. The minimum Gasteiger partial charge on any atom is -0.352 e. The molecule has 0 aliphatic carbocycles. The summed E-state index contributed by atoms with van der Waals surface area (Å²) in [7, 11) is 1.63. The maximum Gasteiger partial charge on any atom is 0.329 e. The lowest BCUT2D eigenvalue weighted by molar-refractivity contribution is -0.136. The molecule has 0 radical (unpaired) electrons. The van der Waals surface area contributed by atoms with E-state index in [-0.39, 0.29) is 54.9 Å². The van der Waals surface area contributed by atoms with E-state index in [4.69, 9.17) is 0 Å². The molecule has 0 saturated carbocycles. The van der Waals surface area contributed by atoms with Crippen LogP contribution in [0.2, 0.25) is 0 Å². The number of hydrogen-bond acceptors (Lipinski definition) is 5. The van der Waals surface area contributed by atoms with Gasteiger partial charge < -0.3 is 10.2 Å². The van der Waals surface area contributed by atoms with Crippen molar-refractivity contribution in [3.05, 3.63) is 34.2 Å². The Hall–Kier alpha value is -3.43. The number of imidazole rings is 1. The van der Waals surface area contributed by atoms with Crippen LogP contribution in [0.4, 0.5) is 0 Å². The zero-order valence-corrected chi connectivity index (χ0v) is 21.8. The maximum atomic E-state index is 13.0. The minimum absolute atomic E-state index is 0.105. The van der Waals surface area contributed by atoms with Gasteiger partial charge in [0, 0.05) is 44.9 Å². The van der Waals surface area contributed by atoms with Crippen molar-refractivity contribution in [3.63, 3.8) is 0 Å². The standard InChI is InChI=1S/C26H37N5O5/c1-16(2)30(17(3)4)23(34)12-7-6-11-21(32)27-15-18-9-8-10-19-24(18)29(5)26(36)31(19)20-13-14-22(33)28-25(20)35/h8-10,16-17,20H,6-7,11-15H2,1-5H3,(H,27,32)(H,28,33,35). The molecule has 2 N–H and O–H groups in total. The highest BCUT2D eigenvalue weighted by atomic mass is 16.2. The van der Waals surface area contributed by atoms with Crippen molar-refractivity contribution >= 4 is 34.7 Å². The normalized spacial score (nSPS) is 16.0. The van der Waals surface area contributed by atoms with Crippen LogP contribution in [0, 0.1) is 0 Å². The Morgan fingerprint density at radius 1 is 1.08 bits per heavy atom. The van der Waals surface area contributed by atoms with E-state index in [1.165, 1.54) is 9.13 Å². The van der Waals surface area contributed by atoms with E-state index in [0.717, 1.165) is 5.56 Å². The second-order valence-electron chi connectivity index (χ2n) is 9.94. The van der Waals surface area contributed by atoms with Crippen molar-refractivity contribution in [3.8, 4) is 0 Å². The van der Waals surface area contributed by atoms with Gasteiger partial charge in [0.05, 0.1) is 11.0 Å². The first kappa shape index (κ1) is 27.2. The number of fused-ring (bicyclic) bond motifs is 1. The molecule has 4 amide bonds. The number of nitrogens with zero attached hydrogens (tertiary/aromatic N) is 3. The average Bonchev–Trinajstić information content (AvgIpc) is 3.05. The van der Waals surface area contributed by atoms with Gasteiger partial charge in [-0.05, 0) is 58.6 Å². The summed E-state index contributed by atoms with van der Waals surface area (Å²) < 4.78 is 2.90. The number of nitrogens with one attached hydrogen (secondary N) is 2. The highest BCUT2D eigenvalue weighted by Gasteiger charge is 2.31. The summed E-state index contributed by atoms with van der Waals surface area (Å²) in [6.07, 6.45) is 2.41. The van der Waals surface area contributed by atoms with Crippen molar-refractivity contribution in [1.82, 2.24) is 24.7 Å². The lowest BCUT2D eigenvalue weighted by atomic mass is 10.1. The predicted molar refractivity (Wildman–Crippen MR) is 136 cm³/mol. The first-order valence-electron chi connectivity index (χ1n) is 12.6. The lowest BCUT2D eigenvalue weighted by Gasteiger charge is -2.30. The Morgan fingerprint density at radius 2 is 1.75 bits per heavy atom. The van der Waals surface area contributed by atoms with E-state index in [2.05, 4.69) is 10.6 Å². The van der Waals surface area contributed by atoms with E-state index in [0.29, 0.717) is 36.7 Å². The fourth-order valence-electron chi connectivity index (χ4n) is 5.04. The third-order valence-corrected chi connectivity index (χ3v) is 6.63. The molecule has 1 aliphatic rings. The van der Waals surface area contributed by atoms with Crippen molar-refractivity contribution < 1.29 is 19.2 Å². The van der Waals surface area contributed by atoms with Gasteiger partial charge in [-0.2, -0.15) is 0 Å². The number of benzene rings is 1. The number of amides is 4. The molecule has 10 heteroatoms. The zero-order valence-electron chi connectivity index (χ0n) is 21.8. The van der Waals surface area contributed by atoms with Crippen LogP contribution in [0.25, 0.3) is 11.0 Å². The van der Waals surface area contributed by atoms with Gasteiger partial charge in [-0.25, -0.2) is 4.79 Å². The third-order valence-electron chi connectivity index (χ3n) is 6.63. The molecule has 196 valence electrons. The highest BCUT2D eigenvalue weighted by molar-refractivity contribution is 6.00. The van der Waals surface area contributed by atoms with Crippen LogP contribution in [0.5, 0.6) is 0 Å². The molecule has 1 aromatic heterocycles. The molecule has 0 spiro atoms. The highest BCUT2D eigenvalue weighted by Crippen LogP contribution is 2.25. The maximum absolute atomic E-state index is 13.0. The number of carbonyl (C=O) groups excluding carboxylic acids is 4. The summed E-state index contributed by atoms with van der Waals surface area (Å²) in [6, 6.07) is 4.91. The zero-order chi connectivity index (χ0) is 26.6. The number of hydrogen-bond donors (Lipinski definition) is 2. The van der Waals surface area contributed by atoms with Gasteiger partial charge in [0.25, 0.3) is 0 Å². The van der Waals surface area contributed by atoms with Crippen LogP contribution in [0.3, 0.4) is 0 Å². The summed E-state index contributed by atoms with van der Waals surface area (Å²) in [4.78, 5) is 63.7. The predicted octanol–water partition coefficient (Wildman–Crippen LogP) is 2.14. The summed E-state index contributed by atoms with van der Waals surface area (Å²) in [5.41, 5.74) is 1.63. The van der Waals surface area contributed by atoms with Gasteiger partial charge in [0.1, 0.15) is 6.04 Å². The van der Waals surface area contributed by atoms with Crippen molar-refractivity contribution in [1.29, 1.82) is 0 Å². The number of aryl methyl sites for hydroxylation is 1. The Kier molecular flexibility index (Phi) is 8.70. The molecule has 1 aromatic carbocycles. The Bertz CT molecular complexity index is 1200. The molecule has 36 heavy (non-hydrogen) atoms. The number of aromatic nitrogens is 2. The molecule has 1 aliphatic heterocycles. The molecular weight excluding hydrogens is 462 g/mol. The van der Waals surface area contributed by atoms with Crippen LogP contribution in [0.1, 0.15) is 77.8 Å². The minimum atomic E-state index is -0.756. The molecule has 1 fully saturated rings. The van der Waals surface area contributed by atoms with Crippen molar-refractivity contribution in [2.75, 3.05) is 0 Å². The second kappa shape index (κ2) is 11.5. The Morgan fingerprint density at radius 3 is 2.39 bits per heavy atom. The molecule has 1 unspecified atom stereocenters. The molecule has 3 rings (SSSR count). The summed E-state index contributed by atoms with van der Waals surface area (Å²) in [5, 5.41) is 5.21. The van der Waals surface area contributed by atoms with Gasteiger partial charge >= 0.3 is 5.69 Å². The number of unbranched alkanes of at least 4 members (excludes halogenated alkanes) is 1. The monoisotopic (exact) mass is 499 g/mol. The summed E-state index contributed by atoms with van der Waals surface area (Å²) in [6.45, 7) is 8.24. The topological polar surface area (TPSA) is 123 Å². The molecule has 2 heterocycles. The van der Waals surface area contributed by atoms with E-state index in [1.54, 1.807) is 19.2 Å². The third kappa shape index (κ3) is 5.85. The molecule has 2 aromatic rings. The number of para-hydroxylation sites is 1. The fourth-order valence-corrected chi connectivity index (χ4v) is 5.04. The number of rotatable bonds is 10. The first-order chi connectivity index (χ1) is 17.0. The molecular formula is C26H37N5O5. The van der Waals surface area contributed by atoms with Gasteiger partial charge in [0.2, 0.25) is 23.6 Å². The van der Waals surface area contributed by atoms with Crippen LogP contribution < -0.4 is 16.3 Å². The lowest BCUT2D eigenvalue weighted by Crippen LogP contribution is -2.44. The van der Waals surface area contributed by atoms with E-state index < -0.39 is 11.9 Å². The molecule has 10 nitrogen and oxygen atoms in total. The Labute approximate surface area is 211 Å². The van der Waals surface area contributed by atoms with E-state index >= 15 is 0 Å². The molecule has 1 atom stereocenters. The Balaban J connectivity index is 1.62. The van der Waals surface area contributed by atoms with E-state index in [1.807, 2.05) is 38.7 Å². The summed E-state index contributed by atoms with van der Waals surface area (Å²) >= 11 is 0. The van der Waals surface area contributed by atoms with Crippen molar-refractivity contribution in [2.45, 2.75) is 90.9 Å². The quantitative estimate of drug-likeness (QED) is 0.383. The number of piperidine rings is 1. The largest absolute Gasteiger partial charge is 0.352 e. The van der Waals surface area contributed by atoms with Crippen LogP contribution in [0.15, 0.2) is 23.0 Å². The van der Waals surface area contributed by atoms with Crippen LogP contribution >= 0.6 is 0 Å². The van der Waals surface area contributed by atoms with Gasteiger partial charge in [0.15, 0.2) is 0 Å². The van der Waals surface area contributed by atoms with Gasteiger partial charge in [-0.15, -0.1) is 0 Å². The van der Waals surface area contributed by atoms with Crippen LogP contribution in [-0.4, -0.2) is 49.7 Å². The van der Waals surface area contributed by atoms with Crippen molar-refractivity contribution in [2.24, 2.45) is 7.05 Å². The van der Waals surface area contributed by atoms with Crippen LogP contribution in [-0.2, 0) is 32.8 Å². The van der Waals surface area contributed by atoms with E-state index in [9.17, 15) is 24.0 Å². The molecule has 0 bridgehead atoms. The number of carbonyl (C=O) groups is 4. The smallest absolute Gasteiger partial charge is 0.329 e. The first-order valence-corrected chi connectivity index (χ1v) is 12.6. The average molecular weight is 500 g/mol. The fraction of sp³-hybridized carbons (Fsp3) is 0.577. The van der Waals surface area contributed by atoms with Gasteiger partial charge in [-0.1, -0.05) is 12.1 Å².